The predicted molar refractivity (Wildman–Crippen MR) is 149 cm³/mol. The van der Waals surface area contributed by atoms with Crippen LogP contribution in [0.15, 0.2) is 42.6 Å². The molecule has 0 aliphatic carbocycles. The molecule has 3 aromatic rings. The number of allylic oxidation sites excluding steroid dienone is 1. The predicted octanol–water partition coefficient (Wildman–Crippen LogP) is 5.04. The molecule has 10 heteroatoms. The van der Waals surface area contributed by atoms with Crippen LogP contribution in [0.3, 0.4) is 0 Å². The number of aromatic nitrogens is 1. The van der Waals surface area contributed by atoms with E-state index in [4.69, 9.17) is 5.73 Å². The minimum absolute atomic E-state index is 0.100. The van der Waals surface area contributed by atoms with Gasteiger partial charge in [0.05, 0.1) is 0 Å². The number of carbonyl (C=O) groups excluding carboxylic acids is 1. The summed E-state index contributed by atoms with van der Waals surface area (Å²) in [6.07, 6.45) is 8.76. The fraction of sp³-hybridized carbons (Fsp3) is 0.400. The molecule has 214 valence electrons. The zero-order valence-corrected chi connectivity index (χ0v) is 22.5. The van der Waals surface area contributed by atoms with Crippen molar-refractivity contribution in [2.24, 2.45) is 5.92 Å². The zero-order chi connectivity index (χ0) is 28.8. The normalized spacial score (nSPS) is 18.5. The first-order valence-electron chi connectivity index (χ1n) is 13.5. The number of nitrogen functional groups attached to an aromatic ring is 1. The van der Waals surface area contributed by atoms with Gasteiger partial charge in [0, 0.05) is 22.8 Å². The fourth-order valence-corrected chi connectivity index (χ4v) is 5.81. The number of aliphatic carboxylic acids is 1. The number of anilines is 1. The first kappa shape index (κ1) is 29.4. The topological polar surface area (TPSA) is 103 Å². The SMILES string of the molecule is CN1CCC(C(C(=O)O)N2CCC(c3c[nH]c4ccc(N)cc34)CC2)CC1.O=C/C=C/c1cc(F)c(F)c(F)c1. The van der Waals surface area contributed by atoms with E-state index in [-0.39, 0.29) is 17.5 Å². The molecule has 2 aliphatic rings. The van der Waals surface area contributed by atoms with Crippen LogP contribution in [0, 0.1) is 23.4 Å². The molecule has 5 rings (SSSR count). The largest absolute Gasteiger partial charge is 0.480 e. The van der Waals surface area contributed by atoms with Gasteiger partial charge in [-0.05, 0) is 118 Å². The van der Waals surface area contributed by atoms with Crippen molar-refractivity contribution in [2.45, 2.75) is 37.6 Å². The summed E-state index contributed by atoms with van der Waals surface area (Å²) in [6.45, 7) is 3.70. The Kier molecular flexibility index (Phi) is 9.65. The van der Waals surface area contributed by atoms with E-state index in [1.54, 1.807) is 0 Å². The molecule has 1 aromatic heterocycles. The Morgan fingerprint density at radius 2 is 1.70 bits per heavy atom. The molecule has 0 spiro atoms. The van der Waals surface area contributed by atoms with E-state index in [0.29, 0.717) is 12.2 Å². The zero-order valence-electron chi connectivity index (χ0n) is 22.5. The highest BCUT2D eigenvalue weighted by molar-refractivity contribution is 5.86. The lowest BCUT2D eigenvalue weighted by molar-refractivity contribution is -0.147. The van der Waals surface area contributed by atoms with Gasteiger partial charge in [-0.15, -0.1) is 0 Å². The Labute approximate surface area is 231 Å². The van der Waals surface area contributed by atoms with Crippen LogP contribution in [0.2, 0.25) is 0 Å². The number of carbonyl (C=O) groups is 2. The summed E-state index contributed by atoms with van der Waals surface area (Å²) in [5.41, 5.74) is 9.31. The minimum Gasteiger partial charge on any atom is -0.480 e. The van der Waals surface area contributed by atoms with Crippen molar-refractivity contribution in [1.29, 1.82) is 0 Å². The lowest BCUT2D eigenvalue weighted by Crippen LogP contribution is -2.51. The molecule has 4 N–H and O–H groups in total. The van der Waals surface area contributed by atoms with Gasteiger partial charge in [-0.25, -0.2) is 13.2 Å². The molecule has 2 saturated heterocycles. The lowest BCUT2D eigenvalue weighted by atomic mass is 9.84. The third-order valence-corrected chi connectivity index (χ3v) is 7.94. The van der Waals surface area contributed by atoms with Crippen LogP contribution in [-0.4, -0.2) is 71.4 Å². The van der Waals surface area contributed by atoms with E-state index in [1.165, 1.54) is 17.0 Å². The maximum Gasteiger partial charge on any atom is 0.321 e. The summed E-state index contributed by atoms with van der Waals surface area (Å²) in [5.74, 6) is -3.98. The van der Waals surface area contributed by atoms with E-state index < -0.39 is 23.4 Å². The van der Waals surface area contributed by atoms with Crippen LogP contribution < -0.4 is 5.73 Å². The standard InChI is InChI=1S/C21H30N4O2.C9H5F3O/c1-24-8-4-15(5-9-24)20(21(26)27)25-10-6-14(7-11-25)18-13-23-19-3-2-16(22)12-17(18)19;10-7-4-6(2-1-3-13)5-8(11)9(7)12/h2-3,12-15,20,23H,4-11,22H2,1H3,(H,26,27);1-5H/b;2-1+. The van der Waals surface area contributed by atoms with Crippen molar-refractivity contribution in [2.75, 3.05) is 39.0 Å². The van der Waals surface area contributed by atoms with Crippen molar-refractivity contribution in [3.8, 4) is 0 Å². The van der Waals surface area contributed by atoms with Crippen LogP contribution in [0.1, 0.15) is 42.7 Å². The number of likely N-dealkylation sites (tertiary alicyclic amines) is 2. The second-order valence-corrected chi connectivity index (χ2v) is 10.6. The van der Waals surface area contributed by atoms with Crippen molar-refractivity contribution >= 4 is 34.9 Å². The lowest BCUT2D eigenvalue weighted by Gasteiger charge is -2.41. The molecule has 7 nitrogen and oxygen atoms in total. The van der Waals surface area contributed by atoms with E-state index >= 15 is 0 Å². The van der Waals surface area contributed by atoms with E-state index in [2.05, 4.69) is 28.0 Å². The van der Waals surface area contributed by atoms with Crippen LogP contribution in [0.5, 0.6) is 0 Å². The maximum atomic E-state index is 12.5. The van der Waals surface area contributed by atoms with E-state index in [9.17, 15) is 27.9 Å². The van der Waals surface area contributed by atoms with Gasteiger partial charge in [-0.3, -0.25) is 14.5 Å². The summed E-state index contributed by atoms with van der Waals surface area (Å²) in [6, 6.07) is 7.27. The maximum absolute atomic E-state index is 12.5. The molecule has 0 bridgehead atoms. The number of nitrogens with two attached hydrogens (primary N) is 1. The molecule has 0 amide bonds. The Morgan fingerprint density at radius 1 is 1.05 bits per heavy atom. The highest BCUT2D eigenvalue weighted by Crippen LogP contribution is 2.36. The van der Waals surface area contributed by atoms with Crippen LogP contribution in [-0.2, 0) is 9.59 Å². The number of benzene rings is 2. The number of hydrogen-bond acceptors (Lipinski definition) is 5. The highest BCUT2D eigenvalue weighted by Gasteiger charge is 2.37. The number of aldehydes is 1. The Hall–Kier alpha value is -3.63. The van der Waals surface area contributed by atoms with Gasteiger partial charge in [0.1, 0.15) is 12.3 Å². The number of nitrogens with one attached hydrogen (secondary N) is 1. The Balaban J connectivity index is 0.000000240. The third-order valence-electron chi connectivity index (χ3n) is 7.94. The quantitative estimate of drug-likeness (QED) is 0.170. The van der Waals surface area contributed by atoms with Crippen LogP contribution in [0.25, 0.3) is 17.0 Å². The van der Waals surface area contributed by atoms with Gasteiger partial charge >= 0.3 is 5.97 Å². The molecule has 2 aliphatic heterocycles. The van der Waals surface area contributed by atoms with E-state index in [1.807, 2.05) is 18.2 Å². The number of fused-ring (bicyclic) bond motifs is 1. The second-order valence-electron chi connectivity index (χ2n) is 10.6. The summed E-state index contributed by atoms with van der Waals surface area (Å²) in [7, 11) is 2.12. The van der Waals surface area contributed by atoms with Gasteiger partial charge in [-0.1, -0.05) is 6.08 Å². The number of H-pyrrole nitrogens is 1. The highest BCUT2D eigenvalue weighted by atomic mass is 19.2. The molecule has 1 unspecified atom stereocenters. The molecule has 40 heavy (non-hydrogen) atoms. The summed E-state index contributed by atoms with van der Waals surface area (Å²) < 4.78 is 37.4. The van der Waals surface area contributed by atoms with Gasteiger partial charge in [0.2, 0.25) is 0 Å². The number of rotatable bonds is 6. The Bertz CT molecular complexity index is 1340. The Morgan fingerprint density at radius 3 is 2.30 bits per heavy atom. The third kappa shape index (κ3) is 6.92. The molecular weight excluding hydrogens is 521 g/mol. The van der Waals surface area contributed by atoms with Crippen molar-refractivity contribution < 1.29 is 27.9 Å². The molecule has 2 aromatic carbocycles. The van der Waals surface area contributed by atoms with E-state index in [0.717, 1.165) is 81.3 Å². The number of carboxylic acids is 1. The molecule has 0 radical (unpaired) electrons. The summed E-state index contributed by atoms with van der Waals surface area (Å²) in [4.78, 5) is 29.8. The average molecular weight is 557 g/mol. The number of carboxylic acid groups (broad SMARTS) is 1. The van der Waals surface area contributed by atoms with Crippen molar-refractivity contribution in [3.63, 3.8) is 0 Å². The number of nitrogens with zero attached hydrogens (tertiary/aromatic N) is 2. The molecule has 3 heterocycles. The number of aromatic amines is 1. The van der Waals surface area contributed by atoms with Gasteiger partial charge in [-0.2, -0.15) is 0 Å². The first-order chi connectivity index (χ1) is 19.2. The number of piperidine rings is 2. The minimum atomic E-state index is -1.51. The van der Waals surface area contributed by atoms with Crippen molar-refractivity contribution in [3.05, 3.63) is 71.2 Å². The molecule has 0 saturated carbocycles. The number of halogens is 3. The molecular formula is C30H35F3N4O3. The average Bonchev–Trinajstić information content (AvgIpc) is 3.35. The molecule has 1 atom stereocenters. The molecule has 2 fully saturated rings. The van der Waals surface area contributed by atoms with Gasteiger partial charge in [0.15, 0.2) is 17.5 Å². The summed E-state index contributed by atoms with van der Waals surface area (Å²) in [5, 5.41) is 11.1. The second kappa shape index (κ2) is 13.1. The van der Waals surface area contributed by atoms with Crippen LogP contribution >= 0.6 is 0 Å². The first-order valence-corrected chi connectivity index (χ1v) is 13.5. The monoisotopic (exact) mass is 556 g/mol. The fourth-order valence-electron chi connectivity index (χ4n) is 5.81. The van der Waals surface area contributed by atoms with Gasteiger partial charge < -0.3 is 20.7 Å². The van der Waals surface area contributed by atoms with Gasteiger partial charge in [0.25, 0.3) is 0 Å². The van der Waals surface area contributed by atoms with Crippen molar-refractivity contribution in [1.82, 2.24) is 14.8 Å². The number of hydrogen-bond donors (Lipinski definition) is 3. The smallest absolute Gasteiger partial charge is 0.321 e. The van der Waals surface area contributed by atoms with Crippen LogP contribution in [0.4, 0.5) is 18.9 Å². The summed E-state index contributed by atoms with van der Waals surface area (Å²) >= 11 is 0.